The van der Waals surface area contributed by atoms with Crippen LogP contribution in [0.1, 0.15) is 44.7 Å². The van der Waals surface area contributed by atoms with Crippen molar-refractivity contribution in [3.05, 3.63) is 84.1 Å². The van der Waals surface area contributed by atoms with Crippen LogP contribution in [0.5, 0.6) is 0 Å². The van der Waals surface area contributed by atoms with Gasteiger partial charge >= 0.3 is 0 Å². The molecule has 1 N–H and O–H groups in total. The Morgan fingerprint density at radius 3 is 2.39 bits per heavy atom. The molecule has 1 atom stereocenters. The van der Waals surface area contributed by atoms with Crippen LogP contribution in [0.15, 0.2) is 72.9 Å². The van der Waals surface area contributed by atoms with Crippen molar-refractivity contribution < 1.29 is 0 Å². The first-order valence-electron chi connectivity index (χ1n) is 10.5. The van der Waals surface area contributed by atoms with E-state index >= 15 is 0 Å². The van der Waals surface area contributed by atoms with Crippen molar-refractivity contribution in [2.24, 2.45) is 11.3 Å². The molecular weight excluding hydrogens is 338 g/mol. The zero-order valence-corrected chi connectivity index (χ0v) is 17.3. The molecule has 0 fully saturated rings. The van der Waals surface area contributed by atoms with Crippen LogP contribution in [-0.2, 0) is 12.8 Å². The molecule has 1 heteroatoms. The molecule has 0 aliphatic heterocycles. The smallest absolute Gasteiger partial charge is 0.0456 e. The maximum Gasteiger partial charge on any atom is 0.0456 e. The van der Waals surface area contributed by atoms with Gasteiger partial charge in [0.1, 0.15) is 0 Å². The summed E-state index contributed by atoms with van der Waals surface area (Å²) in [6, 6.07) is 24.1. The number of hydrogen-bond donors (Lipinski definition) is 1. The highest BCUT2D eigenvalue weighted by Crippen LogP contribution is 2.33. The van der Waals surface area contributed by atoms with Crippen molar-refractivity contribution in [3.8, 4) is 0 Å². The third kappa shape index (κ3) is 4.14. The van der Waals surface area contributed by atoms with Crippen molar-refractivity contribution >= 4 is 21.7 Å². The molecule has 0 spiro atoms. The molecule has 0 saturated carbocycles. The van der Waals surface area contributed by atoms with Gasteiger partial charge in [-0.05, 0) is 65.0 Å². The summed E-state index contributed by atoms with van der Waals surface area (Å²) >= 11 is 0. The Bertz CT molecular complexity index is 1060. The average molecular weight is 370 g/mol. The fraction of sp³-hybridized carbons (Fsp3) is 0.333. The van der Waals surface area contributed by atoms with Crippen LogP contribution in [-0.4, -0.2) is 4.98 Å². The number of nitrogens with one attached hydrogen (secondary N) is 1. The zero-order chi connectivity index (χ0) is 19.6. The van der Waals surface area contributed by atoms with Crippen LogP contribution in [0.2, 0.25) is 0 Å². The maximum absolute atomic E-state index is 3.42. The SMILES string of the molecule is CC(CCC(C)(C)Cc1cccc2ccccc12)Cc1c[nH]c2ccccc12. The van der Waals surface area contributed by atoms with Crippen molar-refractivity contribution in [1.29, 1.82) is 0 Å². The first-order valence-corrected chi connectivity index (χ1v) is 10.5. The Labute approximate surface area is 168 Å². The summed E-state index contributed by atoms with van der Waals surface area (Å²) in [5.41, 5.74) is 4.49. The number of aromatic nitrogens is 1. The standard InChI is InChI=1S/C27H31N/c1-20(17-23-19-28-26-14-7-6-13-25(23)26)15-16-27(2,3)18-22-11-8-10-21-9-4-5-12-24(21)22/h4-14,19-20,28H,15-18H2,1-3H3. The monoisotopic (exact) mass is 369 g/mol. The van der Waals surface area contributed by atoms with E-state index in [2.05, 4.69) is 98.7 Å². The topological polar surface area (TPSA) is 15.8 Å². The van der Waals surface area contributed by atoms with Crippen molar-refractivity contribution in [3.63, 3.8) is 0 Å². The highest BCUT2D eigenvalue weighted by molar-refractivity contribution is 5.85. The summed E-state index contributed by atoms with van der Waals surface area (Å²) in [5, 5.41) is 4.14. The van der Waals surface area contributed by atoms with Gasteiger partial charge in [-0.15, -0.1) is 0 Å². The van der Waals surface area contributed by atoms with E-state index in [4.69, 9.17) is 0 Å². The lowest BCUT2D eigenvalue weighted by Crippen LogP contribution is -2.17. The number of fused-ring (bicyclic) bond motifs is 2. The number of rotatable bonds is 7. The third-order valence-corrected chi connectivity index (χ3v) is 6.11. The molecule has 4 aromatic rings. The Morgan fingerprint density at radius 1 is 0.821 bits per heavy atom. The van der Waals surface area contributed by atoms with E-state index in [1.165, 1.54) is 45.6 Å². The van der Waals surface area contributed by atoms with Gasteiger partial charge in [0.2, 0.25) is 0 Å². The summed E-state index contributed by atoms with van der Waals surface area (Å²) in [6.07, 6.45) is 6.99. The quantitative estimate of drug-likeness (QED) is 0.346. The predicted molar refractivity (Wildman–Crippen MR) is 122 cm³/mol. The second kappa shape index (κ2) is 7.83. The van der Waals surface area contributed by atoms with Crippen LogP contribution < -0.4 is 0 Å². The summed E-state index contributed by atoms with van der Waals surface area (Å²) in [4.78, 5) is 3.42. The van der Waals surface area contributed by atoms with Gasteiger partial charge in [0, 0.05) is 17.1 Å². The van der Waals surface area contributed by atoms with Crippen LogP contribution in [0.4, 0.5) is 0 Å². The van der Waals surface area contributed by atoms with E-state index in [1.54, 1.807) is 0 Å². The normalized spacial score (nSPS) is 13.2. The molecule has 1 heterocycles. The highest BCUT2D eigenvalue weighted by atomic mass is 14.7. The minimum Gasteiger partial charge on any atom is -0.361 e. The molecule has 0 radical (unpaired) electrons. The minimum absolute atomic E-state index is 0.304. The Kier molecular flexibility index (Phi) is 5.26. The molecule has 4 rings (SSSR count). The molecule has 28 heavy (non-hydrogen) atoms. The zero-order valence-electron chi connectivity index (χ0n) is 17.3. The van der Waals surface area contributed by atoms with Crippen LogP contribution >= 0.6 is 0 Å². The first-order chi connectivity index (χ1) is 13.5. The Balaban J connectivity index is 1.40. The molecule has 0 aliphatic carbocycles. The highest BCUT2D eigenvalue weighted by Gasteiger charge is 2.21. The number of benzene rings is 3. The first kappa shape index (κ1) is 18.8. The van der Waals surface area contributed by atoms with Crippen molar-refractivity contribution in [1.82, 2.24) is 4.98 Å². The summed E-state index contributed by atoms with van der Waals surface area (Å²) < 4.78 is 0. The Hall–Kier alpha value is -2.54. The van der Waals surface area contributed by atoms with Gasteiger partial charge in [0.05, 0.1) is 0 Å². The predicted octanol–water partition coefficient (Wildman–Crippen LogP) is 7.55. The number of para-hydroxylation sites is 1. The fourth-order valence-electron chi connectivity index (χ4n) is 4.47. The Morgan fingerprint density at radius 2 is 1.54 bits per heavy atom. The van der Waals surface area contributed by atoms with Gasteiger partial charge in [-0.2, -0.15) is 0 Å². The second-order valence-electron chi connectivity index (χ2n) is 9.19. The van der Waals surface area contributed by atoms with E-state index in [9.17, 15) is 0 Å². The molecule has 3 aromatic carbocycles. The van der Waals surface area contributed by atoms with Crippen molar-refractivity contribution in [2.45, 2.75) is 46.5 Å². The summed E-state index contributed by atoms with van der Waals surface area (Å²) in [6.45, 7) is 7.25. The van der Waals surface area contributed by atoms with E-state index in [1.807, 2.05) is 0 Å². The van der Waals surface area contributed by atoms with E-state index < -0.39 is 0 Å². The lowest BCUT2D eigenvalue weighted by atomic mass is 9.78. The second-order valence-corrected chi connectivity index (χ2v) is 9.19. The maximum atomic E-state index is 3.42. The third-order valence-electron chi connectivity index (χ3n) is 6.11. The summed E-state index contributed by atoms with van der Waals surface area (Å²) in [5.74, 6) is 0.686. The van der Waals surface area contributed by atoms with Crippen molar-refractivity contribution in [2.75, 3.05) is 0 Å². The molecule has 1 unspecified atom stereocenters. The van der Waals surface area contributed by atoms with Crippen LogP contribution in [0, 0.1) is 11.3 Å². The van der Waals surface area contributed by atoms with Gasteiger partial charge in [-0.1, -0.05) is 81.4 Å². The van der Waals surface area contributed by atoms with Gasteiger partial charge < -0.3 is 4.98 Å². The van der Waals surface area contributed by atoms with Gasteiger partial charge in [0.25, 0.3) is 0 Å². The molecule has 144 valence electrons. The molecule has 1 nitrogen and oxygen atoms in total. The van der Waals surface area contributed by atoms with Gasteiger partial charge in [0.15, 0.2) is 0 Å². The molecule has 0 saturated heterocycles. The fourth-order valence-corrected chi connectivity index (χ4v) is 4.47. The van der Waals surface area contributed by atoms with E-state index in [0.717, 1.165) is 12.8 Å². The number of aromatic amines is 1. The van der Waals surface area contributed by atoms with E-state index in [0.29, 0.717) is 11.3 Å². The number of hydrogen-bond acceptors (Lipinski definition) is 0. The molecule has 0 amide bonds. The van der Waals surface area contributed by atoms with Gasteiger partial charge in [-0.25, -0.2) is 0 Å². The van der Waals surface area contributed by atoms with Crippen LogP contribution in [0.25, 0.3) is 21.7 Å². The molecule has 0 bridgehead atoms. The molecule has 0 aliphatic rings. The lowest BCUT2D eigenvalue weighted by Gasteiger charge is -2.27. The molecule has 1 aromatic heterocycles. The largest absolute Gasteiger partial charge is 0.361 e. The van der Waals surface area contributed by atoms with Crippen LogP contribution in [0.3, 0.4) is 0 Å². The van der Waals surface area contributed by atoms with Gasteiger partial charge in [-0.3, -0.25) is 0 Å². The average Bonchev–Trinajstić information content (AvgIpc) is 3.10. The lowest BCUT2D eigenvalue weighted by molar-refractivity contribution is 0.297. The number of H-pyrrole nitrogens is 1. The summed E-state index contributed by atoms with van der Waals surface area (Å²) in [7, 11) is 0. The minimum atomic E-state index is 0.304. The van der Waals surface area contributed by atoms with E-state index in [-0.39, 0.29) is 0 Å². The molecular formula is C27H31N.